The lowest BCUT2D eigenvalue weighted by molar-refractivity contribution is 0.601. The molecule has 0 aliphatic carbocycles. The fourth-order valence-electron chi connectivity index (χ4n) is 1.56. The van der Waals surface area contributed by atoms with Crippen molar-refractivity contribution in [2.24, 2.45) is 0 Å². The van der Waals surface area contributed by atoms with Gasteiger partial charge in [-0.15, -0.1) is 0 Å². The zero-order chi connectivity index (χ0) is 14.9. The number of nitrogens with one attached hydrogen (secondary N) is 1. The Hall–Kier alpha value is -1.50. The first-order chi connectivity index (χ1) is 9.28. The minimum Gasteiger partial charge on any atom is -0.398 e. The van der Waals surface area contributed by atoms with Gasteiger partial charge in [0.1, 0.15) is 10.7 Å². The lowest BCUT2D eigenvalue weighted by atomic mass is 10.3. The van der Waals surface area contributed by atoms with Crippen molar-refractivity contribution in [2.45, 2.75) is 4.90 Å². The highest BCUT2D eigenvalue weighted by molar-refractivity contribution is 7.92. The van der Waals surface area contributed by atoms with Crippen LogP contribution in [0.1, 0.15) is 0 Å². The standard InChI is InChI=1S/C12H9Cl2FN2O2S/c13-7-1-2-11(16)12(5-7)20(18,19)17-10-4-8(14)3-9(15)6-10/h1-6,17H,16H2. The van der Waals surface area contributed by atoms with Crippen molar-refractivity contribution in [3.63, 3.8) is 0 Å². The molecule has 2 aromatic carbocycles. The smallest absolute Gasteiger partial charge is 0.263 e. The molecule has 4 nitrogen and oxygen atoms in total. The molecule has 0 aliphatic heterocycles. The van der Waals surface area contributed by atoms with Crippen molar-refractivity contribution in [1.82, 2.24) is 0 Å². The lowest BCUT2D eigenvalue weighted by Gasteiger charge is -2.11. The van der Waals surface area contributed by atoms with Crippen LogP contribution in [0.5, 0.6) is 0 Å². The number of nitrogens with two attached hydrogens (primary N) is 1. The zero-order valence-corrected chi connectivity index (χ0v) is 12.2. The molecule has 0 aromatic heterocycles. The van der Waals surface area contributed by atoms with Gasteiger partial charge in [0.2, 0.25) is 0 Å². The van der Waals surface area contributed by atoms with Gasteiger partial charge in [-0.1, -0.05) is 23.2 Å². The molecule has 3 N–H and O–H groups in total. The third kappa shape index (κ3) is 3.33. The Morgan fingerprint density at radius 2 is 1.75 bits per heavy atom. The van der Waals surface area contributed by atoms with E-state index in [4.69, 9.17) is 28.9 Å². The fraction of sp³-hybridized carbons (Fsp3) is 0. The predicted molar refractivity (Wildman–Crippen MR) is 78.1 cm³/mol. The van der Waals surface area contributed by atoms with E-state index in [9.17, 15) is 12.8 Å². The van der Waals surface area contributed by atoms with Gasteiger partial charge in [0.15, 0.2) is 0 Å². The molecule has 0 spiro atoms. The molecule has 0 atom stereocenters. The Balaban J connectivity index is 2.43. The quantitative estimate of drug-likeness (QED) is 0.843. The fourth-order valence-corrected chi connectivity index (χ4v) is 3.22. The van der Waals surface area contributed by atoms with E-state index >= 15 is 0 Å². The summed E-state index contributed by atoms with van der Waals surface area (Å²) in [6.45, 7) is 0. The first-order valence-corrected chi connectivity index (χ1v) is 7.56. The van der Waals surface area contributed by atoms with Gasteiger partial charge in [-0.3, -0.25) is 4.72 Å². The van der Waals surface area contributed by atoms with Crippen LogP contribution in [0.15, 0.2) is 41.3 Å². The monoisotopic (exact) mass is 334 g/mol. The van der Waals surface area contributed by atoms with Crippen LogP contribution in [-0.4, -0.2) is 8.42 Å². The summed E-state index contributed by atoms with van der Waals surface area (Å²) in [5.41, 5.74) is 5.64. The van der Waals surface area contributed by atoms with E-state index in [1.807, 2.05) is 0 Å². The maximum Gasteiger partial charge on any atom is 0.263 e. The maximum atomic E-state index is 13.2. The molecule has 8 heteroatoms. The van der Waals surface area contributed by atoms with Gasteiger partial charge in [-0.05, 0) is 36.4 Å². The number of benzene rings is 2. The number of hydrogen-bond acceptors (Lipinski definition) is 3. The minimum absolute atomic E-state index is 0.00521. The van der Waals surface area contributed by atoms with Gasteiger partial charge in [0.25, 0.3) is 10.0 Å². The second-order valence-electron chi connectivity index (χ2n) is 3.95. The maximum absolute atomic E-state index is 13.2. The summed E-state index contributed by atoms with van der Waals surface area (Å²) >= 11 is 11.4. The average molecular weight is 335 g/mol. The molecule has 106 valence electrons. The zero-order valence-electron chi connectivity index (χ0n) is 9.90. The minimum atomic E-state index is -3.98. The molecule has 2 rings (SSSR count). The molecule has 0 amide bonds. The van der Waals surface area contributed by atoms with E-state index < -0.39 is 15.8 Å². The Morgan fingerprint density at radius 3 is 2.40 bits per heavy atom. The SMILES string of the molecule is Nc1ccc(Cl)cc1S(=O)(=O)Nc1cc(F)cc(Cl)c1. The van der Waals surface area contributed by atoms with Gasteiger partial charge in [0.05, 0.1) is 11.4 Å². The molecule has 20 heavy (non-hydrogen) atoms. The molecule has 0 fully saturated rings. The van der Waals surface area contributed by atoms with Crippen LogP contribution in [-0.2, 0) is 10.0 Å². The van der Waals surface area contributed by atoms with E-state index in [0.717, 1.165) is 12.1 Å². The van der Waals surface area contributed by atoms with Gasteiger partial charge in [-0.25, -0.2) is 12.8 Å². The Morgan fingerprint density at radius 1 is 1.05 bits per heavy atom. The van der Waals surface area contributed by atoms with E-state index in [1.54, 1.807) is 0 Å². The van der Waals surface area contributed by atoms with E-state index in [1.165, 1.54) is 24.3 Å². The van der Waals surface area contributed by atoms with Crippen molar-refractivity contribution in [3.05, 3.63) is 52.3 Å². The molecule has 0 radical (unpaired) electrons. The second-order valence-corrected chi connectivity index (χ2v) is 6.47. The van der Waals surface area contributed by atoms with Crippen LogP contribution in [0.25, 0.3) is 0 Å². The summed E-state index contributed by atoms with van der Waals surface area (Å²) in [4.78, 5) is -0.189. The third-order valence-electron chi connectivity index (χ3n) is 2.38. The van der Waals surface area contributed by atoms with Crippen LogP contribution in [0, 0.1) is 5.82 Å². The third-order valence-corrected chi connectivity index (χ3v) is 4.27. The first-order valence-electron chi connectivity index (χ1n) is 5.32. The van der Waals surface area contributed by atoms with Crippen molar-refractivity contribution in [1.29, 1.82) is 0 Å². The summed E-state index contributed by atoms with van der Waals surface area (Å²) < 4.78 is 39.7. The Kier molecular flexibility index (Phi) is 4.08. The van der Waals surface area contributed by atoms with Gasteiger partial charge < -0.3 is 5.73 Å². The highest BCUT2D eigenvalue weighted by atomic mass is 35.5. The summed E-state index contributed by atoms with van der Waals surface area (Å²) in [5, 5.41) is 0.290. The number of anilines is 2. The number of halogens is 3. The highest BCUT2D eigenvalue weighted by Crippen LogP contribution is 2.26. The molecule has 0 unspecified atom stereocenters. The van der Waals surface area contributed by atoms with E-state index in [-0.39, 0.29) is 26.3 Å². The number of rotatable bonds is 3. The molecular weight excluding hydrogens is 326 g/mol. The number of hydrogen-bond donors (Lipinski definition) is 2. The van der Waals surface area contributed by atoms with Crippen LogP contribution in [0.2, 0.25) is 10.0 Å². The molecule has 0 heterocycles. The summed E-state index contributed by atoms with van der Waals surface area (Å²) in [5.74, 6) is -0.658. The first kappa shape index (κ1) is 14.9. The average Bonchev–Trinajstić information content (AvgIpc) is 2.30. The predicted octanol–water partition coefficient (Wildman–Crippen LogP) is 3.52. The normalized spacial score (nSPS) is 11.3. The number of sulfonamides is 1. The topological polar surface area (TPSA) is 72.2 Å². The van der Waals surface area contributed by atoms with E-state index in [0.29, 0.717) is 0 Å². The van der Waals surface area contributed by atoms with Crippen molar-refractivity contribution < 1.29 is 12.8 Å². The van der Waals surface area contributed by atoms with Crippen molar-refractivity contribution >= 4 is 44.6 Å². The van der Waals surface area contributed by atoms with Crippen molar-refractivity contribution in [3.8, 4) is 0 Å². The molecule has 2 aromatic rings. The van der Waals surface area contributed by atoms with Crippen LogP contribution >= 0.6 is 23.2 Å². The van der Waals surface area contributed by atoms with Crippen LogP contribution in [0.4, 0.5) is 15.8 Å². The van der Waals surface area contributed by atoms with Gasteiger partial charge >= 0.3 is 0 Å². The summed E-state index contributed by atoms with van der Waals surface area (Å²) in [6.07, 6.45) is 0. The Labute approximate surface area is 125 Å². The van der Waals surface area contributed by atoms with Gasteiger partial charge in [0, 0.05) is 10.0 Å². The summed E-state index contributed by atoms with van der Waals surface area (Å²) in [6, 6.07) is 7.39. The summed E-state index contributed by atoms with van der Waals surface area (Å²) in [7, 11) is -3.98. The van der Waals surface area contributed by atoms with Crippen molar-refractivity contribution in [2.75, 3.05) is 10.5 Å². The van der Waals surface area contributed by atoms with Gasteiger partial charge in [-0.2, -0.15) is 0 Å². The lowest BCUT2D eigenvalue weighted by Crippen LogP contribution is -2.15. The molecule has 0 saturated heterocycles. The molecular formula is C12H9Cl2FN2O2S. The largest absolute Gasteiger partial charge is 0.398 e. The molecule has 0 saturated carbocycles. The molecule has 0 bridgehead atoms. The Bertz CT molecular complexity index is 746. The van der Waals surface area contributed by atoms with E-state index in [2.05, 4.69) is 4.72 Å². The highest BCUT2D eigenvalue weighted by Gasteiger charge is 2.18. The van der Waals surface area contributed by atoms with Crippen LogP contribution < -0.4 is 10.5 Å². The molecule has 0 aliphatic rings. The second kappa shape index (κ2) is 5.47. The number of nitrogen functional groups attached to an aromatic ring is 1. The van der Waals surface area contributed by atoms with Crippen LogP contribution in [0.3, 0.4) is 0 Å².